The number of ether oxygens (including phenoxy) is 1. The van der Waals surface area contributed by atoms with Crippen molar-refractivity contribution in [3.63, 3.8) is 0 Å². The van der Waals surface area contributed by atoms with Crippen LogP contribution in [-0.4, -0.2) is 31.5 Å². The highest BCUT2D eigenvalue weighted by Gasteiger charge is 2.26. The summed E-state index contributed by atoms with van der Waals surface area (Å²) in [4.78, 5) is 25.6. The zero-order valence-corrected chi connectivity index (χ0v) is 13.6. The molecule has 1 aromatic rings. The van der Waals surface area contributed by atoms with Gasteiger partial charge >= 0.3 is 0 Å². The molecule has 1 aromatic heterocycles. The Labute approximate surface area is 129 Å². The summed E-state index contributed by atoms with van der Waals surface area (Å²) in [5.74, 6) is 0.520. The van der Waals surface area contributed by atoms with Crippen molar-refractivity contribution in [2.45, 2.75) is 45.6 Å². The van der Waals surface area contributed by atoms with E-state index in [0.717, 1.165) is 25.0 Å². The minimum Gasteiger partial charge on any atom is -0.495 e. The summed E-state index contributed by atoms with van der Waals surface area (Å²) >= 11 is 1.51. The summed E-state index contributed by atoms with van der Waals surface area (Å²) in [5.41, 5.74) is 1.19. The Bertz CT molecular complexity index is 537. The molecule has 0 aromatic carbocycles. The number of hydrogen-bond acceptors (Lipinski definition) is 4. The van der Waals surface area contributed by atoms with E-state index in [1.807, 2.05) is 13.8 Å². The van der Waals surface area contributed by atoms with Crippen molar-refractivity contribution < 1.29 is 14.3 Å². The van der Waals surface area contributed by atoms with Crippen LogP contribution in [0.5, 0.6) is 5.75 Å². The predicted molar refractivity (Wildman–Crippen MR) is 83.1 cm³/mol. The molecule has 1 aliphatic carbocycles. The summed E-state index contributed by atoms with van der Waals surface area (Å²) in [6.07, 6.45) is 3.44. The van der Waals surface area contributed by atoms with Gasteiger partial charge in [-0.2, -0.15) is 0 Å². The lowest BCUT2D eigenvalue weighted by molar-refractivity contribution is -0.121. The second kappa shape index (κ2) is 6.93. The second-order valence-electron chi connectivity index (χ2n) is 5.45. The third-order valence-electron chi connectivity index (χ3n) is 3.37. The second-order valence-corrected chi connectivity index (χ2v) is 6.55. The lowest BCUT2D eigenvalue weighted by Crippen LogP contribution is -2.34. The number of fused-ring (bicyclic) bond motifs is 1. The van der Waals surface area contributed by atoms with Gasteiger partial charge < -0.3 is 15.4 Å². The van der Waals surface area contributed by atoms with Crippen LogP contribution in [0.1, 0.15) is 46.8 Å². The van der Waals surface area contributed by atoms with Gasteiger partial charge in [0.05, 0.1) is 7.11 Å². The predicted octanol–water partition coefficient (Wildman–Crippen LogP) is 1.89. The molecule has 2 amide bonds. The van der Waals surface area contributed by atoms with Gasteiger partial charge in [0.1, 0.15) is 10.6 Å². The summed E-state index contributed by atoms with van der Waals surface area (Å²) in [6, 6.07) is 0.119. The Kier molecular flexibility index (Phi) is 5.22. The highest BCUT2D eigenvalue weighted by molar-refractivity contribution is 7.14. The van der Waals surface area contributed by atoms with Crippen molar-refractivity contribution in [2.24, 2.45) is 0 Å². The number of hydrogen-bond donors (Lipinski definition) is 2. The van der Waals surface area contributed by atoms with E-state index in [9.17, 15) is 9.59 Å². The molecule has 116 valence electrons. The largest absolute Gasteiger partial charge is 0.495 e. The average molecular weight is 310 g/mol. The minimum atomic E-state index is -0.149. The topological polar surface area (TPSA) is 67.4 Å². The molecule has 1 heterocycles. The third kappa shape index (κ3) is 3.75. The molecule has 0 radical (unpaired) electrons. The number of rotatable bonds is 6. The monoisotopic (exact) mass is 310 g/mol. The van der Waals surface area contributed by atoms with E-state index in [-0.39, 0.29) is 24.3 Å². The molecule has 6 heteroatoms. The van der Waals surface area contributed by atoms with Crippen LogP contribution in [-0.2, 0) is 17.6 Å². The maximum absolute atomic E-state index is 12.2. The maximum Gasteiger partial charge on any atom is 0.265 e. The first-order chi connectivity index (χ1) is 10.0. The normalized spacial score (nSPS) is 13.1. The molecule has 0 saturated heterocycles. The molecular formula is C15H22N2O3S. The van der Waals surface area contributed by atoms with E-state index >= 15 is 0 Å². The van der Waals surface area contributed by atoms with Gasteiger partial charge in [-0.1, -0.05) is 0 Å². The Morgan fingerprint density at radius 3 is 2.76 bits per heavy atom. The molecule has 2 N–H and O–H groups in total. The molecule has 0 spiro atoms. The van der Waals surface area contributed by atoms with Gasteiger partial charge in [0.15, 0.2) is 0 Å². The SMILES string of the molecule is COc1c(C(=O)NCCC(=O)NC(C)C)sc2c1CCC2. The minimum absolute atomic E-state index is 0.0501. The van der Waals surface area contributed by atoms with E-state index in [4.69, 9.17) is 4.74 Å². The molecule has 0 bridgehead atoms. The Morgan fingerprint density at radius 1 is 1.33 bits per heavy atom. The molecule has 0 unspecified atom stereocenters. The molecular weight excluding hydrogens is 288 g/mol. The van der Waals surface area contributed by atoms with Crippen molar-refractivity contribution in [1.29, 1.82) is 0 Å². The van der Waals surface area contributed by atoms with Crippen molar-refractivity contribution in [3.05, 3.63) is 15.3 Å². The quantitative estimate of drug-likeness (QED) is 0.843. The maximum atomic E-state index is 12.2. The molecule has 0 fully saturated rings. The molecule has 21 heavy (non-hydrogen) atoms. The lowest BCUT2D eigenvalue weighted by Gasteiger charge is -2.09. The number of carbonyl (C=O) groups is 2. The van der Waals surface area contributed by atoms with Crippen LogP contribution < -0.4 is 15.4 Å². The zero-order chi connectivity index (χ0) is 15.4. The summed E-state index contributed by atoms with van der Waals surface area (Å²) in [5, 5.41) is 5.60. The third-order valence-corrected chi connectivity index (χ3v) is 4.64. The van der Waals surface area contributed by atoms with Crippen molar-refractivity contribution >= 4 is 23.2 Å². The first kappa shape index (κ1) is 15.8. The number of nitrogens with one attached hydrogen (secondary N) is 2. The molecule has 0 saturated carbocycles. The number of amides is 2. The highest BCUT2D eigenvalue weighted by atomic mass is 32.1. The first-order valence-corrected chi connectivity index (χ1v) is 8.10. The van der Waals surface area contributed by atoms with Gasteiger partial charge in [-0.05, 0) is 33.1 Å². The van der Waals surface area contributed by atoms with Crippen LogP contribution in [0.4, 0.5) is 0 Å². The Morgan fingerprint density at radius 2 is 2.10 bits per heavy atom. The standard InChI is InChI=1S/C15H22N2O3S/c1-9(2)17-12(18)7-8-16-15(19)14-13(20-3)10-5-4-6-11(10)21-14/h9H,4-8H2,1-3H3,(H,16,19)(H,17,18). The molecule has 0 aliphatic heterocycles. The van der Waals surface area contributed by atoms with Gasteiger partial charge in [0.25, 0.3) is 5.91 Å². The fourth-order valence-corrected chi connectivity index (χ4v) is 3.78. The molecule has 2 rings (SSSR count). The molecule has 5 nitrogen and oxygen atoms in total. The smallest absolute Gasteiger partial charge is 0.265 e. The summed E-state index contributed by atoms with van der Waals surface area (Å²) in [7, 11) is 1.60. The molecule has 0 atom stereocenters. The van der Waals surface area contributed by atoms with E-state index < -0.39 is 0 Å². The highest BCUT2D eigenvalue weighted by Crippen LogP contribution is 2.40. The van der Waals surface area contributed by atoms with Crippen molar-refractivity contribution in [3.8, 4) is 5.75 Å². The van der Waals surface area contributed by atoms with E-state index in [1.165, 1.54) is 21.8 Å². The van der Waals surface area contributed by atoms with Crippen LogP contribution in [0, 0.1) is 0 Å². The van der Waals surface area contributed by atoms with Crippen molar-refractivity contribution in [2.75, 3.05) is 13.7 Å². The average Bonchev–Trinajstić information content (AvgIpc) is 2.97. The Balaban J connectivity index is 1.91. The van der Waals surface area contributed by atoms with Gasteiger partial charge in [0.2, 0.25) is 5.91 Å². The van der Waals surface area contributed by atoms with E-state index in [2.05, 4.69) is 10.6 Å². The van der Waals surface area contributed by atoms with Crippen LogP contribution in [0.15, 0.2) is 0 Å². The van der Waals surface area contributed by atoms with Crippen LogP contribution in [0.25, 0.3) is 0 Å². The lowest BCUT2D eigenvalue weighted by atomic mass is 10.2. The number of thiophene rings is 1. The van der Waals surface area contributed by atoms with E-state index in [0.29, 0.717) is 11.4 Å². The number of carbonyl (C=O) groups excluding carboxylic acids is 2. The summed E-state index contributed by atoms with van der Waals surface area (Å²) in [6.45, 7) is 4.16. The van der Waals surface area contributed by atoms with Gasteiger partial charge in [-0.3, -0.25) is 9.59 Å². The van der Waals surface area contributed by atoms with Crippen LogP contribution in [0.3, 0.4) is 0 Å². The van der Waals surface area contributed by atoms with Gasteiger partial charge in [0, 0.05) is 29.4 Å². The van der Waals surface area contributed by atoms with Crippen LogP contribution >= 0.6 is 11.3 Å². The van der Waals surface area contributed by atoms with Gasteiger partial charge in [-0.15, -0.1) is 11.3 Å². The van der Waals surface area contributed by atoms with Crippen LogP contribution in [0.2, 0.25) is 0 Å². The summed E-state index contributed by atoms with van der Waals surface area (Å²) < 4.78 is 5.40. The Hall–Kier alpha value is -1.56. The number of methoxy groups -OCH3 is 1. The van der Waals surface area contributed by atoms with Crippen molar-refractivity contribution in [1.82, 2.24) is 10.6 Å². The zero-order valence-electron chi connectivity index (χ0n) is 12.7. The fourth-order valence-electron chi connectivity index (χ4n) is 2.50. The van der Waals surface area contributed by atoms with Gasteiger partial charge in [-0.25, -0.2) is 0 Å². The van der Waals surface area contributed by atoms with E-state index in [1.54, 1.807) is 7.11 Å². The molecule has 1 aliphatic rings. The first-order valence-electron chi connectivity index (χ1n) is 7.29. The fraction of sp³-hybridized carbons (Fsp3) is 0.600. The number of aryl methyl sites for hydroxylation is 1.